The lowest BCUT2D eigenvalue weighted by atomic mass is 10.1. The van der Waals surface area contributed by atoms with Crippen molar-refractivity contribution in [3.05, 3.63) is 48.0 Å². The molecule has 1 N–H and O–H groups in total. The highest BCUT2D eigenvalue weighted by atomic mass is 35.5. The Morgan fingerprint density at radius 2 is 2.07 bits per heavy atom. The van der Waals surface area contributed by atoms with Gasteiger partial charge in [-0.25, -0.2) is 0 Å². The van der Waals surface area contributed by atoms with Crippen molar-refractivity contribution >= 4 is 17.5 Å². The third kappa shape index (κ3) is 2.89. The van der Waals surface area contributed by atoms with Crippen molar-refractivity contribution in [1.82, 2.24) is 5.32 Å². The minimum Gasteiger partial charge on any atom is -0.349 e. The summed E-state index contributed by atoms with van der Waals surface area (Å²) in [5.74, 6) is 0.375. The van der Waals surface area contributed by atoms with Gasteiger partial charge in [0.25, 0.3) is 5.91 Å². The van der Waals surface area contributed by atoms with E-state index in [9.17, 15) is 4.79 Å². The van der Waals surface area contributed by atoms with Crippen molar-refractivity contribution in [2.24, 2.45) is 0 Å². The summed E-state index contributed by atoms with van der Waals surface area (Å²) in [5.41, 5.74) is 1.65. The second-order valence-corrected chi connectivity index (χ2v) is 3.10. The van der Waals surface area contributed by atoms with Gasteiger partial charge in [-0.3, -0.25) is 4.79 Å². The van der Waals surface area contributed by atoms with E-state index in [2.05, 4.69) is 11.9 Å². The van der Waals surface area contributed by atoms with E-state index in [1.54, 1.807) is 18.2 Å². The molecule has 0 bridgehead atoms. The van der Waals surface area contributed by atoms with E-state index in [0.717, 1.165) is 5.56 Å². The first-order valence-corrected chi connectivity index (χ1v) is 4.85. The molecular formula is C11H12ClNO. The van der Waals surface area contributed by atoms with Crippen LogP contribution in [0.15, 0.2) is 36.9 Å². The molecule has 0 unspecified atom stereocenters. The van der Waals surface area contributed by atoms with Crippen LogP contribution in [0.1, 0.15) is 15.9 Å². The number of hydrogen-bond acceptors (Lipinski definition) is 1. The van der Waals surface area contributed by atoms with E-state index in [0.29, 0.717) is 18.0 Å². The largest absolute Gasteiger partial charge is 0.349 e. The Morgan fingerprint density at radius 1 is 1.43 bits per heavy atom. The van der Waals surface area contributed by atoms with Crippen molar-refractivity contribution in [2.45, 2.75) is 5.88 Å². The number of alkyl halides is 1. The molecular weight excluding hydrogens is 198 g/mol. The van der Waals surface area contributed by atoms with Crippen LogP contribution in [0, 0.1) is 0 Å². The van der Waals surface area contributed by atoms with Crippen molar-refractivity contribution < 1.29 is 4.79 Å². The number of carbonyl (C=O) groups is 1. The first-order chi connectivity index (χ1) is 6.77. The first-order valence-electron chi connectivity index (χ1n) is 4.32. The Kier molecular flexibility index (Phi) is 4.20. The Hall–Kier alpha value is -1.28. The van der Waals surface area contributed by atoms with Crippen LogP contribution in [0.25, 0.3) is 0 Å². The van der Waals surface area contributed by atoms with Gasteiger partial charge in [0.05, 0.1) is 0 Å². The van der Waals surface area contributed by atoms with Gasteiger partial charge in [-0.15, -0.1) is 18.2 Å². The Balaban J connectivity index is 2.66. The molecule has 0 atom stereocenters. The molecule has 0 aromatic heterocycles. The van der Waals surface area contributed by atoms with Gasteiger partial charge < -0.3 is 5.32 Å². The van der Waals surface area contributed by atoms with Crippen molar-refractivity contribution in [1.29, 1.82) is 0 Å². The number of halogens is 1. The average molecular weight is 210 g/mol. The highest BCUT2D eigenvalue weighted by Crippen LogP contribution is 2.06. The average Bonchev–Trinajstić information content (AvgIpc) is 2.26. The van der Waals surface area contributed by atoms with Gasteiger partial charge in [0.2, 0.25) is 0 Å². The van der Waals surface area contributed by atoms with E-state index >= 15 is 0 Å². The van der Waals surface area contributed by atoms with E-state index in [1.807, 2.05) is 12.1 Å². The number of amides is 1. The molecule has 1 aromatic rings. The highest BCUT2D eigenvalue weighted by Gasteiger charge is 2.02. The third-order valence-corrected chi connectivity index (χ3v) is 2.09. The molecule has 0 radical (unpaired) electrons. The normalized spacial score (nSPS) is 9.50. The molecule has 0 saturated carbocycles. The minimum atomic E-state index is -0.0916. The van der Waals surface area contributed by atoms with E-state index < -0.39 is 0 Å². The molecule has 14 heavy (non-hydrogen) atoms. The Morgan fingerprint density at radius 3 is 2.57 bits per heavy atom. The lowest BCUT2D eigenvalue weighted by Crippen LogP contribution is -2.22. The van der Waals surface area contributed by atoms with E-state index in [1.165, 1.54) is 0 Å². The SMILES string of the molecule is C=CCNC(=O)c1ccc(CCl)cc1. The fourth-order valence-electron chi connectivity index (χ4n) is 1.01. The summed E-state index contributed by atoms with van der Waals surface area (Å²) >= 11 is 5.63. The summed E-state index contributed by atoms with van der Waals surface area (Å²) in [5, 5.41) is 2.70. The molecule has 0 saturated heterocycles. The second-order valence-electron chi connectivity index (χ2n) is 2.83. The number of carbonyl (C=O) groups excluding carboxylic acids is 1. The maximum absolute atomic E-state index is 11.4. The van der Waals surface area contributed by atoms with Gasteiger partial charge in [0.15, 0.2) is 0 Å². The van der Waals surface area contributed by atoms with Crippen LogP contribution in [-0.4, -0.2) is 12.5 Å². The maximum atomic E-state index is 11.4. The number of nitrogens with one attached hydrogen (secondary N) is 1. The van der Waals surface area contributed by atoms with Crippen molar-refractivity contribution in [3.8, 4) is 0 Å². The molecule has 0 spiro atoms. The summed E-state index contributed by atoms with van der Waals surface area (Å²) in [6.45, 7) is 4.00. The van der Waals surface area contributed by atoms with Gasteiger partial charge in [-0.05, 0) is 17.7 Å². The molecule has 0 heterocycles. The summed E-state index contributed by atoms with van der Waals surface area (Å²) in [6, 6.07) is 7.21. The monoisotopic (exact) mass is 209 g/mol. The molecule has 0 aliphatic carbocycles. The van der Waals surface area contributed by atoms with Crippen LogP contribution in [0.2, 0.25) is 0 Å². The maximum Gasteiger partial charge on any atom is 0.251 e. The van der Waals surface area contributed by atoms with Gasteiger partial charge in [-0.1, -0.05) is 18.2 Å². The fourth-order valence-corrected chi connectivity index (χ4v) is 1.19. The number of benzene rings is 1. The highest BCUT2D eigenvalue weighted by molar-refractivity contribution is 6.17. The van der Waals surface area contributed by atoms with Crippen LogP contribution in [0.5, 0.6) is 0 Å². The molecule has 0 fully saturated rings. The standard InChI is InChI=1S/C11H12ClNO/c1-2-7-13-11(14)10-5-3-9(8-12)4-6-10/h2-6H,1,7-8H2,(H,13,14). The van der Waals surface area contributed by atoms with Gasteiger partial charge in [-0.2, -0.15) is 0 Å². The second kappa shape index (κ2) is 5.45. The summed E-state index contributed by atoms with van der Waals surface area (Å²) in [6.07, 6.45) is 1.64. The molecule has 3 heteroatoms. The molecule has 1 rings (SSSR count). The Labute approximate surface area is 88.6 Å². The van der Waals surface area contributed by atoms with Crippen LogP contribution in [0.4, 0.5) is 0 Å². The zero-order chi connectivity index (χ0) is 10.4. The Bertz CT molecular complexity index is 319. The van der Waals surface area contributed by atoms with E-state index in [-0.39, 0.29) is 5.91 Å². The van der Waals surface area contributed by atoms with Crippen LogP contribution >= 0.6 is 11.6 Å². The van der Waals surface area contributed by atoms with Gasteiger partial charge >= 0.3 is 0 Å². The predicted octanol–water partition coefficient (Wildman–Crippen LogP) is 2.34. The van der Waals surface area contributed by atoms with Gasteiger partial charge in [0, 0.05) is 18.0 Å². The van der Waals surface area contributed by atoms with E-state index in [4.69, 9.17) is 11.6 Å². The predicted molar refractivity (Wildman–Crippen MR) is 58.5 cm³/mol. The number of rotatable bonds is 4. The lowest BCUT2D eigenvalue weighted by Gasteiger charge is -2.02. The zero-order valence-electron chi connectivity index (χ0n) is 7.79. The van der Waals surface area contributed by atoms with Crippen LogP contribution in [0.3, 0.4) is 0 Å². The summed E-state index contributed by atoms with van der Waals surface area (Å²) in [7, 11) is 0. The minimum absolute atomic E-state index is 0.0916. The molecule has 74 valence electrons. The lowest BCUT2D eigenvalue weighted by molar-refractivity contribution is 0.0958. The van der Waals surface area contributed by atoms with Crippen molar-refractivity contribution in [2.75, 3.05) is 6.54 Å². The molecule has 1 aromatic carbocycles. The fraction of sp³-hybridized carbons (Fsp3) is 0.182. The zero-order valence-corrected chi connectivity index (χ0v) is 8.55. The van der Waals surface area contributed by atoms with Gasteiger partial charge in [0.1, 0.15) is 0 Å². The summed E-state index contributed by atoms with van der Waals surface area (Å²) < 4.78 is 0. The smallest absolute Gasteiger partial charge is 0.251 e. The molecule has 2 nitrogen and oxygen atoms in total. The molecule has 0 aliphatic rings. The molecule has 1 amide bonds. The van der Waals surface area contributed by atoms with Crippen molar-refractivity contribution in [3.63, 3.8) is 0 Å². The molecule has 0 aliphatic heterocycles. The summed E-state index contributed by atoms with van der Waals surface area (Å²) in [4.78, 5) is 11.4. The first kappa shape index (κ1) is 10.8. The van der Waals surface area contributed by atoms with Crippen LogP contribution in [-0.2, 0) is 5.88 Å². The van der Waals surface area contributed by atoms with Crippen LogP contribution < -0.4 is 5.32 Å². The quantitative estimate of drug-likeness (QED) is 0.599. The topological polar surface area (TPSA) is 29.1 Å². The third-order valence-electron chi connectivity index (χ3n) is 1.78. The number of hydrogen-bond donors (Lipinski definition) is 1.